The fourth-order valence-electron chi connectivity index (χ4n) is 3.68. The van der Waals surface area contributed by atoms with Gasteiger partial charge in [-0.05, 0) is 47.5 Å². The Kier molecular flexibility index (Phi) is 5.73. The molecule has 0 aromatic heterocycles. The number of carbonyl (C=O) groups excluding carboxylic acids is 1. The van der Waals surface area contributed by atoms with Gasteiger partial charge in [0, 0.05) is 12.0 Å². The van der Waals surface area contributed by atoms with Gasteiger partial charge in [-0.25, -0.2) is 0 Å². The van der Waals surface area contributed by atoms with E-state index < -0.39 is 5.72 Å². The molecule has 31 heavy (non-hydrogen) atoms. The number of rotatable bonds is 6. The van der Waals surface area contributed by atoms with Crippen LogP contribution in [-0.4, -0.2) is 36.0 Å². The highest BCUT2D eigenvalue weighted by atomic mass is 16.5. The Labute approximate surface area is 181 Å². The van der Waals surface area contributed by atoms with Crippen LogP contribution in [-0.2, 0) is 16.9 Å². The van der Waals surface area contributed by atoms with E-state index in [0.29, 0.717) is 17.0 Å². The van der Waals surface area contributed by atoms with E-state index in [0.717, 1.165) is 16.9 Å². The number of aliphatic hydroxyl groups is 1. The molecule has 1 N–H and O–H groups in total. The second-order valence-electron chi connectivity index (χ2n) is 7.37. The maximum Gasteiger partial charge on any atom is 0.250 e. The van der Waals surface area contributed by atoms with E-state index in [4.69, 9.17) is 9.47 Å². The molecule has 0 fully saturated rings. The Morgan fingerprint density at radius 1 is 0.935 bits per heavy atom. The molecule has 1 aliphatic rings. The van der Waals surface area contributed by atoms with Gasteiger partial charge in [0.25, 0.3) is 0 Å². The highest BCUT2D eigenvalue weighted by molar-refractivity contribution is 6.03. The quantitative estimate of drug-likeness (QED) is 0.665. The molecule has 6 nitrogen and oxygen atoms in total. The summed E-state index contributed by atoms with van der Waals surface area (Å²) in [6.07, 6.45) is 0.310. The third-order valence-corrected chi connectivity index (χ3v) is 5.40. The number of hydrogen-bond acceptors (Lipinski definition) is 5. The maximum atomic E-state index is 13.2. The lowest BCUT2D eigenvalue weighted by Gasteiger charge is -2.31. The zero-order chi connectivity index (χ0) is 21.8. The maximum absolute atomic E-state index is 13.2. The van der Waals surface area contributed by atoms with Crippen LogP contribution in [0.2, 0.25) is 0 Å². The van der Waals surface area contributed by atoms with Crippen molar-refractivity contribution in [3.8, 4) is 11.5 Å². The fourth-order valence-corrected chi connectivity index (χ4v) is 3.68. The summed E-state index contributed by atoms with van der Waals surface area (Å²) in [5.74, 6) is 1.11. The van der Waals surface area contributed by atoms with Crippen molar-refractivity contribution >= 4 is 11.6 Å². The molecule has 4 rings (SSSR count). The smallest absolute Gasteiger partial charge is 0.250 e. The van der Waals surface area contributed by atoms with Gasteiger partial charge in [-0.3, -0.25) is 4.79 Å². The summed E-state index contributed by atoms with van der Waals surface area (Å²) in [6.45, 7) is 0. The minimum Gasteiger partial charge on any atom is -0.497 e. The van der Waals surface area contributed by atoms with Gasteiger partial charge in [0.05, 0.1) is 26.4 Å². The first-order valence-electron chi connectivity index (χ1n) is 9.99. The standard InChI is InChI=1S/C25H24N2O4/c1-30-21-12-8-19(9-13-21)23-17-25(29,20-10-14-22(31-2)15-11-20)27(26-23)24(28)16-18-6-4-3-5-7-18/h3-15,29H,16-17H2,1-2H3. The van der Waals surface area contributed by atoms with E-state index >= 15 is 0 Å². The number of hydrazone groups is 1. The van der Waals surface area contributed by atoms with Gasteiger partial charge in [-0.2, -0.15) is 10.1 Å². The van der Waals surface area contributed by atoms with Crippen LogP contribution in [0.25, 0.3) is 0 Å². The largest absolute Gasteiger partial charge is 0.497 e. The topological polar surface area (TPSA) is 71.4 Å². The zero-order valence-electron chi connectivity index (χ0n) is 17.5. The van der Waals surface area contributed by atoms with Crippen LogP contribution in [0.1, 0.15) is 23.1 Å². The SMILES string of the molecule is COc1ccc(C2=NN(C(=O)Cc3ccccc3)C(O)(c3ccc(OC)cc3)C2)cc1. The van der Waals surface area contributed by atoms with Gasteiger partial charge in [0.1, 0.15) is 11.5 Å². The lowest BCUT2D eigenvalue weighted by molar-refractivity contribution is -0.157. The first-order valence-corrected chi connectivity index (χ1v) is 9.99. The highest BCUT2D eigenvalue weighted by Crippen LogP contribution is 2.38. The Hall–Kier alpha value is -3.64. The number of benzene rings is 3. The molecular weight excluding hydrogens is 392 g/mol. The number of methoxy groups -OCH3 is 2. The predicted octanol–water partition coefficient (Wildman–Crippen LogP) is 3.73. The number of ether oxygens (including phenoxy) is 2. The van der Waals surface area contributed by atoms with Crippen molar-refractivity contribution < 1.29 is 19.4 Å². The molecule has 1 unspecified atom stereocenters. The van der Waals surface area contributed by atoms with E-state index in [1.807, 2.05) is 54.6 Å². The molecule has 0 saturated carbocycles. The molecule has 1 heterocycles. The number of hydrogen-bond donors (Lipinski definition) is 1. The molecule has 3 aromatic rings. The minimum absolute atomic E-state index is 0.138. The van der Waals surface area contributed by atoms with Crippen LogP contribution >= 0.6 is 0 Å². The van der Waals surface area contributed by atoms with Crippen molar-refractivity contribution in [2.75, 3.05) is 14.2 Å². The molecule has 1 atom stereocenters. The Morgan fingerprint density at radius 2 is 1.52 bits per heavy atom. The van der Waals surface area contributed by atoms with Crippen LogP contribution in [0.4, 0.5) is 0 Å². The Morgan fingerprint density at radius 3 is 2.10 bits per heavy atom. The molecule has 1 aliphatic heterocycles. The molecule has 1 amide bonds. The molecule has 0 spiro atoms. The van der Waals surface area contributed by atoms with Crippen LogP contribution in [0.3, 0.4) is 0 Å². The molecule has 3 aromatic carbocycles. The van der Waals surface area contributed by atoms with Crippen LogP contribution in [0.15, 0.2) is 84.0 Å². The first kappa shape index (κ1) is 20.6. The molecule has 6 heteroatoms. The van der Waals surface area contributed by atoms with Crippen molar-refractivity contribution in [1.29, 1.82) is 0 Å². The van der Waals surface area contributed by atoms with Crippen molar-refractivity contribution in [2.24, 2.45) is 5.10 Å². The lowest BCUT2D eigenvalue weighted by atomic mass is 9.94. The summed E-state index contributed by atoms with van der Waals surface area (Å²) in [4.78, 5) is 13.2. The second kappa shape index (κ2) is 8.62. The van der Waals surface area contributed by atoms with E-state index in [-0.39, 0.29) is 18.7 Å². The van der Waals surface area contributed by atoms with E-state index in [1.54, 1.807) is 38.5 Å². The van der Waals surface area contributed by atoms with Gasteiger partial charge >= 0.3 is 0 Å². The van der Waals surface area contributed by atoms with Gasteiger partial charge in [-0.15, -0.1) is 0 Å². The van der Waals surface area contributed by atoms with Crippen molar-refractivity contribution in [1.82, 2.24) is 5.01 Å². The fraction of sp³-hybridized carbons (Fsp3) is 0.200. The van der Waals surface area contributed by atoms with Gasteiger partial charge < -0.3 is 14.6 Å². The number of amides is 1. The number of nitrogens with zero attached hydrogens (tertiary/aromatic N) is 2. The van der Waals surface area contributed by atoms with Crippen molar-refractivity contribution in [3.63, 3.8) is 0 Å². The summed E-state index contributed by atoms with van der Waals surface area (Å²) < 4.78 is 10.5. The Bertz CT molecular complexity index is 1080. The molecule has 0 aliphatic carbocycles. The van der Waals surface area contributed by atoms with Gasteiger partial charge in [-0.1, -0.05) is 42.5 Å². The molecular formula is C25H24N2O4. The van der Waals surface area contributed by atoms with Gasteiger partial charge in [0.15, 0.2) is 5.72 Å². The normalized spacial score (nSPS) is 17.9. The summed E-state index contributed by atoms with van der Waals surface area (Å²) in [7, 11) is 3.19. The van der Waals surface area contributed by atoms with Crippen LogP contribution in [0, 0.1) is 0 Å². The minimum atomic E-state index is -1.59. The highest BCUT2D eigenvalue weighted by Gasteiger charge is 2.46. The third-order valence-electron chi connectivity index (χ3n) is 5.40. The Balaban J connectivity index is 1.70. The zero-order valence-corrected chi connectivity index (χ0v) is 17.5. The summed E-state index contributed by atoms with van der Waals surface area (Å²) in [6, 6.07) is 23.9. The molecule has 0 bridgehead atoms. The lowest BCUT2D eigenvalue weighted by Crippen LogP contribution is -2.44. The molecule has 158 valence electrons. The molecule has 0 radical (unpaired) electrons. The predicted molar refractivity (Wildman–Crippen MR) is 118 cm³/mol. The van der Waals surface area contributed by atoms with E-state index in [2.05, 4.69) is 5.10 Å². The third kappa shape index (κ3) is 4.15. The summed E-state index contributed by atoms with van der Waals surface area (Å²) in [5, 5.41) is 17.5. The van der Waals surface area contributed by atoms with E-state index in [9.17, 15) is 9.90 Å². The second-order valence-corrected chi connectivity index (χ2v) is 7.37. The van der Waals surface area contributed by atoms with Crippen LogP contribution in [0.5, 0.6) is 11.5 Å². The number of carbonyl (C=O) groups is 1. The summed E-state index contributed by atoms with van der Waals surface area (Å²) >= 11 is 0. The monoisotopic (exact) mass is 416 g/mol. The summed E-state index contributed by atoms with van der Waals surface area (Å²) in [5.41, 5.74) is 1.29. The average molecular weight is 416 g/mol. The van der Waals surface area contributed by atoms with Crippen LogP contribution < -0.4 is 9.47 Å². The van der Waals surface area contributed by atoms with Gasteiger partial charge in [0.2, 0.25) is 5.91 Å². The van der Waals surface area contributed by atoms with Crippen molar-refractivity contribution in [2.45, 2.75) is 18.6 Å². The van der Waals surface area contributed by atoms with E-state index in [1.165, 1.54) is 5.01 Å². The average Bonchev–Trinajstić information content (AvgIpc) is 3.18. The molecule has 0 saturated heterocycles. The first-order chi connectivity index (χ1) is 15.0. The van der Waals surface area contributed by atoms with Crippen molar-refractivity contribution in [3.05, 3.63) is 95.6 Å².